The summed E-state index contributed by atoms with van der Waals surface area (Å²) in [6.07, 6.45) is -0.119. The minimum atomic E-state index is -0.625. The Morgan fingerprint density at radius 3 is 2.77 bits per heavy atom. The summed E-state index contributed by atoms with van der Waals surface area (Å²) < 4.78 is 17.1. The molecule has 22 heavy (non-hydrogen) atoms. The number of hydrogen-bond acceptors (Lipinski definition) is 5. The number of nitrogens with zero attached hydrogens (tertiary/aromatic N) is 1. The normalized spacial score (nSPS) is 34.7. The van der Waals surface area contributed by atoms with Crippen LogP contribution in [0.3, 0.4) is 0 Å². The summed E-state index contributed by atoms with van der Waals surface area (Å²) in [6, 6.07) is 9.43. The van der Waals surface area contributed by atoms with Gasteiger partial charge in [-0.05, 0) is 19.4 Å². The lowest BCUT2D eigenvalue weighted by molar-refractivity contribution is -0.202. The number of ether oxygens (including phenoxy) is 3. The highest BCUT2D eigenvalue weighted by Crippen LogP contribution is 2.46. The molecule has 0 aromatic heterocycles. The van der Waals surface area contributed by atoms with Gasteiger partial charge < -0.3 is 14.2 Å². The highest BCUT2D eigenvalue weighted by atomic mass is 16.8. The third-order valence-corrected chi connectivity index (χ3v) is 4.32. The molecule has 0 N–H and O–H groups in total. The van der Waals surface area contributed by atoms with Crippen molar-refractivity contribution in [2.75, 3.05) is 0 Å². The van der Waals surface area contributed by atoms with Gasteiger partial charge in [0.15, 0.2) is 5.79 Å². The van der Waals surface area contributed by atoms with Crippen LogP contribution in [0.2, 0.25) is 0 Å². The van der Waals surface area contributed by atoms with Crippen molar-refractivity contribution in [3.05, 3.63) is 35.9 Å². The maximum Gasteiger partial charge on any atom is 0.434 e. The topological polar surface area (TPSA) is 57.2 Å². The minimum absolute atomic E-state index is 0.0989. The van der Waals surface area contributed by atoms with Gasteiger partial charge in [0.1, 0.15) is 24.9 Å². The molecule has 3 aliphatic rings. The van der Waals surface area contributed by atoms with E-state index in [0.717, 1.165) is 12.0 Å². The predicted octanol–water partition coefficient (Wildman–Crippen LogP) is 2.23. The highest BCUT2D eigenvalue weighted by molar-refractivity contribution is 5.67. The summed E-state index contributed by atoms with van der Waals surface area (Å²) in [5.41, 5.74) is 0.944. The highest BCUT2D eigenvalue weighted by Gasteiger charge is 2.62. The van der Waals surface area contributed by atoms with E-state index in [1.165, 1.54) is 5.06 Å². The third-order valence-electron chi connectivity index (χ3n) is 4.32. The molecule has 2 heterocycles. The molecule has 1 aromatic rings. The lowest BCUT2D eigenvalue weighted by Crippen LogP contribution is -2.49. The van der Waals surface area contributed by atoms with Crippen LogP contribution < -0.4 is 0 Å². The molecule has 2 saturated heterocycles. The van der Waals surface area contributed by atoms with Crippen molar-refractivity contribution in [3.8, 4) is 0 Å². The van der Waals surface area contributed by atoms with Gasteiger partial charge in [-0.2, -0.15) is 5.06 Å². The van der Waals surface area contributed by atoms with E-state index in [1.807, 2.05) is 44.2 Å². The van der Waals surface area contributed by atoms with Crippen molar-refractivity contribution >= 4 is 6.09 Å². The molecule has 1 aliphatic carbocycles. The van der Waals surface area contributed by atoms with Gasteiger partial charge in [-0.1, -0.05) is 30.3 Å². The zero-order valence-corrected chi connectivity index (χ0v) is 12.6. The first-order chi connectivity index (χ1) is 10.5. The molecule has 2 bridgehead atoms. The average molecular weight is 305 g/mol. The Kier molecular flexibility index (Phi) is 3.14. The lowest BCUT2D eigenvalue weighted by atomic mass is 10.2. The number of hydrogen-bond donors (Lipinski definition) is 0. The Hall–Kier alpha value is -1.63. The van der Waals surface area contributed by atoms with Crippen LogP contribution in [0.5, 0.6) is 0 Å². The summed E-state index contributed by atoms with van der Waals surface area (Å²) in [6.45, 7) is 3.99. The van der Waals surface area contributed by atoms with Gasteiger partial charge in [-0.15, -0.1) is 0 Å². The van der Waals surface area contributed by atoms with E-state index in [1.54, 1.807) is 0 Å². The quantitative estimate of drug-likeness (QED) is 0.838. The van der Waals surface area contributed by atoms with Crippen molar-refractivity contribution < 1.29 is 23.8 Å². The summed E-state index contributed by atoms with van der Waals surface area (Å²) in [5, 5.41) is 1.32. The molecule has 4 rings (SSSR count). The number of amides is 1. The van der Waals surface area contributed by atoms with E-state index >= 15 is 0 Å². The van der Waals surface area contributed by atoms with Crippen molar-refractivity contribution in [2.24, 2.45) is 0 Å². The lowest BCUT2D eigenvalue weighted by Gasteiger charge is -2.30. The fourth-order valence-corrected chi connectivity index (χ4v) is 3.43. The van der Waals surface area contributed by atoms with Gasteiger partial charge in [0.05, 0.1) is 6.04 Å². The predicted molar refractivity (Wildman–Crippen MR) is 75.6 cm³/mol. The smallest absolute Gasteiger partial charge is 0.434 e. The Morgan fingerprint density at radius 2 is 2.00 bits per heavy atom. The van der Waals surface area contributed by atoms with Gasteiger partial charge in [-0.25, -0.2) is 4.79 Å². The number of carbonyl (C=O) groups is 1. The molecule has 1 saturated carbocycles. The molecule has 3 fully saturated rings. The van der Waals surface area contributed by atoms with Crippen LogP contribution in [-0.2, 0) is 25.7 Å². The first-order valence-electron chi connectivity index (χ1n) is 7.56. The van der Waals surface area contributed by atoms with Gasteiger partial charge >= 0.3 is 6.09 Å². The molecule has 6 nitrogen and oxygen atoms in total. The van der Waals surface area contributed by atoms with Crippen LogP contribution in [0, 0.1) is 0 Å². The number of fused-ring (bicyclic) bond motifs is 5. The number of benzene rings is 1. The molecule has 4 atom stereocenters. The van der Waals surface area contributed by atoms with Crippen LogP contribution >= 0.6 is 0 Å². The average Bonchev–Trinajstić information content (AvgIpc) is 3.14. The molecular formula is C16H19NO5. The van der Waals surface area contributed by atoms with Gasteiger partial charge in [-0.3, -0.25) is 4.84 Å². The second-order valence-electron chi connectivity index (χ2n) is 6.38. The fraction of sp³-hybridized carbons (Fsp3) is 0.562. The largest absolute Gasteiger partial charge is 0.443 e. The van der Waals surface area contributed by atoms with E-state index in [0.29, 0.717) is 0 Å². The molecule has 1 unspecified atom stereocenters. The first kappa shape index (κ1) is 14.0. The Bertz CT molecular complexity index is 575. The minimum Gasteiger partial charge on any atom is -0.443 e. The van der Waals surface area contributed by atoms with E-state index in [-0.39, 0.29) is 31.0 Å². The van der Waals surface area contributed by atoms with Crippen LogP contribution in [0.25, 0.3) is 0 Å². The summed E-state index contributed by atoms with van der Waals surface area (Å²) in [5.74, 6) is -0.625. The molecule has 2 aliphatic heterocycles. The van der Waals surface area contributed by atoms with E-state index in [4.69, 9.17) is 19.0 Å². The summed E-state index contributed by atoms with van der Waals surface area (Å²) in [4.78, 5) is 17.9. The molecule has 0 spiro atoms. The second kappa shape index (κ2) is 4.94. The third kappa shape index (κ3) is 2.27. The Labute approximate surface area is 128 Å². The van der Waals surface area contributed by atoms with Crippen LogP contribution in [-0.4, -0.2) is 41.3 Å². The molecule has 6 heteroatoms. The summed E-state index contributed by atoms with van der Waals surface area (Å²) in [7, 11) is 0. The van der Waals surface area contributed by atoms with Gasteiger partial charge in [0.2, 0.25) is 0 Å². The van der Waals surface area contributed by atoms with Crippen LogP contribution in [0.15, 0.2) is 30.3 Å². The number of hydroxylamine groups is 2. The van der Waals surface area contributed by atoms with Gasteiger partial charge in [0, 0.05) is 6.42 Å². The fourth-order valence-electron chi connectivity index (χ4n) is 3.43. The zero-order chi connectivity index (χ0) is 15.3. The number of rotatable bonds is 2. The van der Waals surface area contributed by atoms with E-state index in [2.05, 4.69) is 0 Å². The number of carbonyl (C=O) groups excluding carboxylic acids is 1. The van der Waals surface area contributed by atoms with Crippen LogP contribution in [0.1, 0.15) is 25.8 Å². The maximum atomic E-state index is 12.2. The van der Waals surface area contributed by atoms with E-state index < -0.39 is 11.9 Å². The first-order valence-corrected chi connectivity index (χ1v) is 7.56. The van der Waals surface area contributed by atoms with Crippen molar-refractivity contribution in [2.45, 2.75) is 57.0 Å². The van der Waals surface area contributed by atoms with Crippen molar-refractivity contribution in [3.63, 3.8) is 0 Å². The molecule has 1 amide bonds. The molecular weight excluding hydrogens is 286 g/mol. The standard InChI is InChI=1S/C16H19NO5/c1-16(2)20-13-11-8-12(14(13)21-16)22-17(11)15(18)19-9-10-6-4-3-5-7-10/h3-7,11-14H,8-9H2,1-2H3/t11-,12+,13?,14-/m1/s1. The SMILES string of the molecule is CC1(C)OC2[C@H]3C[C@H](ON3C(=O)OCc3ccccc3)[C@H]2O1. The monoisotopic (exact) mass is 305 g/mol. The van der Waals surface area contributed by atoms with E-state index in [9.17, 15) is 4.79 Å². The zero-order valence-electron chi connectivity index (χ0n) is 12.6. The second-order valence-corrected chi connectivity index (χ2v) is 6.38. The Morgan fingerprint density at radius 1 is 1.27 bits per heavy atom. The Balaban J connectivity index is 1.39. The van der Waals surface area contributed by atoms with Gasteiger partial charge in [0.25, 0.3) is 0 Å². The summed E-state index contributed by atoms with van der Waals surface area (Å²) >= 11 is 0. The molecule has 118 valence electrons. The van der Waals surface area contributed by atoms with Crippen molar-refractivity contribution in [1.82, 2.24) is 5.06 Å². The molecule has 1 aromatic carbocycles. The molecule has 0 radical (unpaired) electrons. The van der Waals surface area contributed by atoms with Crippen molar-refractivity contribution in [1.29, 1.82) is 0 Å². The van der Waals surface area contributed by atoms with Crippen LogP contribution in [0.4, 0.5) is 4.79 Å². The maximum absolute atomic E-state index is 12.2.